The second-order valence-electron chi connectivity index (χ2n) is 9.61. The second-order valence-corrected chi connectivity index (χ2v) is 11.3. The molecule has 9 heteroatoms. The van der Waals surface area contributed by atoms with E-state index >= 15 is 0 Å². The van der Waals surface area contributed by atoms with Gasteiger partial charge in [-0.2, -0.15) is 10.4 Å². The van der Waals surface area contributed by atoms with Crippen LogP contribution in [0, 0.1) is 11.3 Å². The van der Waals surface area contributed by atoms with Crippen LogP contribution in [-0.4, -0.2) is 29.6 Å². The normalized spacial score (nSPS) is 11.6. The number of rotatable bonds is 6. The van der Waals surface area contributed by atoms with Crippen molar-refractivity contribution in [1.29, 1.82) is 5.26 Å². The van der Waals surface area contributed by atoms with Gasteiger partial charge in [0.2, 0.25) is 10.0 Å². The van der Waals surface area contributed by atoms with E-state index in [1.807, 2.05) is 0 Å². The standard InChI is InChI=1S/C28H27N5O3S/c1-28(2,3)32-37(35,36)25-15-8-6-13-22(25)21-12-5-7-14-24(21)30-27(34)23-18-33(4)31-26(23)20-11-9-10-19(16-20)17-29/h5-16,18,32H,1-4H3,(H,30,34). The summed E-state index contributed by atoms with van der Waals surface area (Å²) in [7, 11) is -2.13. The number of sulfonamides is 1. The monoisotopic (exact) mass is 513 g/mol. The zero-order valence-electron chi connectivity index (χ0n) is 21.0. The van der Waals surface area contributed by atoms with Crippen LogP contribution in [0.1, 0.15) is 36.7 Å². The molecule has 0 fully saturated rings. The van der Waals surface area contributed by atoms with Crippen molar-refractivity contribution in [2.24, 2.45) is 7.05 Å². The first-order chi connectivity index (χ1) is 17.5. The van der Waals surface area contributed by atoms with Crippen LogP contribution in [-0.2, 0) is 17.1 Å². The number of benzene rings is 3. The van der Waals surface area contributed by atoms with Crippen molar-refractivity contribution in [3.8, 4) is 28.5 Å². The number of nitriles is 1. The molecule has 37 heavy (non-hydrogen) atoms. The van der Waals surface area contributed by atoms with Crippen LogP contribution in [0.3, 0.4) is 0 Å². The molecule has 8 nitrogen and oxygen atoms in total. The highest BCUT2D eigenvalue weighted by Crippen LogP contribution is 2.34. The first kappa shape index (κ1) is 25.8. The van der Waals surface area contributed by atoms with Gasteiger partial charge in [0.15, 0.2) is 0 Å². The highest BCUT2D eigenvalue weighted by atomic mass is 32.2. The van der Waals surface area contributed by atoms with Crippen molar-refractivity contribution < 1.29 is 13.2 Å². The molecule has 0 unspecified atom stereocenters. The first-order valence-corrected chi connectivity index (χ1v) is 13.0. The fraction of sp³-hybridized carbons (Fsp3) is 0.179. The average Bonchev–Trinajstić information content (AvgIpc) is 3.25. The summed E-state index contributed by atoms with van der Waals surface area (Å²) in [5.74, 6) is -0.411. The molecule has 0 saturated carbocycles. The summed E-state index contributed by atoms with van der Waals surface area (Å²) >= 11 is 0. The number of amides is 1. The third kappa shape index (κ3) is 5.77. The zero-order chi connectivity index (χ0) is 26.8. The minimum Gasteiger partial charge on any atom is -0.321 e. The summed E-state index contributed by atoms with van der Waals surface area (Å²) in [5.41, 5.74) is 2.66. The van der Waals surface area contributed by atoms with E-state index in [1.54, 1.807) is 107 Å². The number of aromatic nitrogens is 2. The van der Waals surface area contributed by atoms with Gasteiger partial charge in [0.05, 0.1) is 22.1 Å². The summed E-state index contributed by atoms with van der Waals surface area (Å²) < 4.78 is 30.7. The average molecular weight is 514 g/mol. The number of carbonyl (C=O) groups excluding carboxylic acids is 1. The molecule has 1 aromatic heterocycles. The Hall–Kier alpha value is -4.26. The van der Waals surface area contributed by atoms with Gasteiger partial charge >= 0.3 is 0 Å². The van der Waals surface area contributed by atoms with E-state index in [1.165, 1.54) is 4.68 Å². The van der Waals surface area contributed by atoms with Gasteiger partial charge < -0.3 is 5.32 Å². The predicted octanol–water partition coefficient (Wildman–Crippen LogP) is 4.95. The van der Waals surface area contributed by atoms with E-state index in [0.717, 1.165) is 0 Å². The topological polar surface area (TPSA) is 117 Å². The second kappa shape index (κ2) is 10.0. The fourth-order valence-electron chi connectivity index (χ4n) is 4.00. The summed E-state index contributed by atoms with van der Waals surface area (Å²) in [6, 6.07) is 22.7. The van der Waals surface area contributed by atoms with Gasteiger partial charge in [-0.1, -0.05) is 48.5 Å². The van der Waals surface area contributed by atoms with Gasteiger partial charge in [0.25, 0.3) is 5.91 Å². The number of hydrogen-bond donors (Lipinski definition) is 2. The number of carbonyl (C=O) groups is 1. The summed E-state index contributed by atoms with van der Waals surface area (Å²) in [6.45, 7) is 5.33. The molecule has 1 amide bonds. The van der Waals surface area contributed by atoms with Crippen LogP contribution in [0.2, 0.25) is 0 Å². The molecule has 188 valence electrons. The summed E-state index contributed by atoms with van der Waals surface area (Å²) in [4.78, 5) is 13.6. The molecule has 1 heterocycles. The maximum atomic E-state index is 13.5. The lowest BCUT2D eigenvalue weighted by atomic mass is 10.0. The Labute approximate surface area is 216 Å². The van der Waals surface area contributed by atoms with Crippen molar-refractivity contribution in [3.05, 3.63) is 90.1 Å². The first-order valence-electron chi connectivity index (χ1n) is 11.6. The molecule has 0 atom stereocenters. The molecule has 0 bridgehead atoms. The Balaban J connectivity index is 1.75. The van der Waals surface area contributed by atoms with Crippen LogP contribution in [0.4, 0.5) is 5.69 Å². The molecule has 0 aliphatic carbocycles. The van der Waals surface area contributed by atoms with Crippen molar-refractivity contribution >= 4 is 21.6 Å². The van der Waals surface area contributed by atoms with Crippen LogP contribution < -0.4 is 10.0 Å². The lowest BCUT2D eigenvalue weighted by molar-refractivity contribution is 0.102. The lowest BCUT2D eigenvalue weighted by Crippen LogP contribution is -2.40. The number of aryl methyl sites for hydroxylation is 1. The fourth-order valence-corrected chi connectivity index (χ4v) is 5.64. The van der Waals surface area contributed by atoms with E-state index in [-0.39, 0.29) is 4.90 Å². The molecular weight excluding hydrogens is 486 g/mol. The predicted molar refractivity (Wildman–Crippen MR) is 143 cm³/mol. The Morgan fingerprint density at radius 1 is 0.973 bits per heavy atom. The van der Waals surface area contributed by atoms with E-state index in [0.29, 0.717) is 39.2 Å². The quantitative estimate of drug-likeness (QED) is 0.378. The molecular formula is C28H27N5O3S. The maximum Gasteiger partial charge on any atom is 0.259 e. The number of nitrogens with zero attached hydrogens (tertiary/aromatic N) is 3. The molecule has 2 N–H and O–H groups in total. The third-order valence-electron chi connectivity index (χ3n) is 5.42. The van der Waals surface area contributed by atoms with Gasteiger partial charge in [-0.15, -0.1) is 0 Å². The smallest absolute Gasteiger partial charge is 0.259 e. The van der Waals surface area contributed by atoms with Crippen LogP contribution in [0.15, 0.2) is 83.9 Å². The molecule has 4 aromatic rings. The Bertz CT molecular complexity index is 1630. The number of nitrogens with one attached hydrogen (secondary N) is 2. The molecule has 0 aliphatic heterocycles. The SMILES string of the molecule is Cn1cc(C(=O)Nc2ccccc2-c2ccccc2S(=O)(=O)NC(C)(C)C)c(-c2cccc(C#N)c2)n1. The minimum absolute atomic E-state index is 0.113. The summed E-state index contributed by atoms with van der Waals surface area (Å²) in [5, 5.41) is 16.6. The molecule has 0 saturated heterocycles. The van der Waals surface area contributed by atoms with Crippen molar-refractivity contribution in [2.75, 3.05) is 5.32 Å². The van der Waals surface area contributed by atoms with Gasteiger partial charge in [-0.05, 0) is 45.0 Å². The Morgan fingerprint density at radius 2 is 1.65 bits per heavy atom. The molecule has 0 aliphatic rings. The Morgan fingerprint density at radius 3 is 2.35 bits per heavy atom. The van der Waals surface area contributed by atoms with Crippen molar-refractivity contribution in [3.63, 3.8) is 0 Å². The van der Waals surface area contributed by atoms with Crippen LogP contribution in [0.25, 0.3) is 22.4 Å². The van der Waals surface area contributed by atoms with Crippen LogP contribution in [0.5, 0.6) is 0 Å². The van der Waals surface area contributed by atoms with E-state index < -0.39 is 21.5 Å². The highest BCUT2D eigenvalue weighted by Gasteiger charge is 2.26. The number of para-hydroxylation sites is 1. The molecule has 3 aromatic carbocycles. The van der Waals surface area contributed by atoms with E-state index in [9.17, 15) is 18.5 Å². The third-order valence-corrected chi connectivity index (χ3v) is 7.24. The van der Waals surface area contributed by atoms with Gasteiger partial charge in [0, 0.05) is 41.2 Å². The number of hydrogen-bond acceptors (Lipinski definition) is 5. The lowest BCUT2D eigenvalue weighted by Gasteiger charge is -2.22. The van der Waals surface area contributed by atoms with Crippen LogP contribution >= 0.6 is 0 Å². The molecule has 4 rings (SSSR count). The van der Waals surface area contributed by atoms with Gasteiger partial charge in [-0.3, -0.25) is 9.48 Å². The van der Waals surface area contributed by atoms with Crippen molar-refractivity contribution in [2.45, 2.75) is 31.2 Å². The van der Waals surface area contributed by atoms with Gasteiger partial charge in [-0.25, -0.2) is 13.1 Å². The Kier molecular flexibility index (Phi) is 6.99. The van der Waals surface area contributed by atoms with Crippen molar-refractivity contribution in [1.82, 2.24) is 14.5 Å². The summed E-state index contributed by atoms with van der Waals surface area (Å²) in [6.07, 6.45) is 1.61. The minimum atomic E-state index is -3.84. The largest absolute Gasteiger partial charge is 0.321 e. The van der Waals surface area contributed by atoms with Gasteiger partial charge in [0.1, 0.15) is 5.69 Å². The van der Waals surface area contributed by atoms with E-state index in [2.05, 4.69) is 21.2 Å². The van der Waals surface area contributed by atoms with E-state index in [4.69, 9.17) is 0 Å². The molecule has 0 radical (unpaired) electrons. The highest BCUT2D eigenvalue weighted by molar-refractivity contribution is 7.89. The number of anilines is 1. The maximum absolute atomic E-state index is 13.5. The zero-order valence-corrected chi connectivity index (χ0v) is 21.8. The molecule has 0 spiro atoms.